The molecular weight excluding hydrogens is 422 g/mol. The Hall–Kier alpha value is -2.39. The summed E-state index contributed by atoms with van der Waals surface area (Å²) in [5.74, 6) is -0.747. The molecule has 0 saturated heterocycles. The number of hydrogen-bond acceptors (Lipinski definition) is 5. The molecule has 0 atom stereocenters. The number of fused-ring (bicyclic) bond motifs is 2. The van der Waals surface area contributed by atoms with Crippen molar-refractivity contribution in [2.45, 2.75) is 44.9 Å². The fourth-order valence-corrected chi connectivity index (χ4v) is 6.17. The van der Waals surface area contributed by atoms with Crippen molar-refractivity contribution >= 4 is 38.9 Å². The van der Waals surface area contributed by atoms with Gasteiger partial charge in [-0.05, 0) is 67.5 Å². The molecule has 2 aromatic rings. The highest BCUT2D eigenvalue weighted by Gasteiger charge is 2.27. The molecule has 0 spiro atoms. The van der Waals surface area contributed by atoms with Crippen LogP contribution in [-0.4, -0.2) is 33.0 Å². The van der Waals surface area contributed by atoms with Crippen molar-refractivity contribution in [3.63, 3.8) is 0 Å². The van der Waals surface area contributed by atoms with E-state index in [-0.39, 0.29) is 5.91 Å². The first kappa shape index (κ1) is 20.9. The van der Waals surface area contributed by atoms with Crippen LogP contribution >= 0.6 is 11.3 Å². The zero-order valence-electron chi connectivity index (χ0n) is 16.9. The smallest absolute Gasteiger partial charge is 0.270 e. The maximum absolute atomic E-state index is 12.5. The molecule has 4 rings (SSSR count). The van der Waals surface area contributed by atoms with Gasteiger partial charge in [-0.25, -0.2) is 8.42 Å². The van der Waals surface area contributed by atoms with Gasteiger partial charge < -0.3 is 0 Å². The lowest BCUT2D eigenvalue weighted by Crippen LogP contribution is -2.41. The number of amides is 2. The van der Waals surface area contributed by atoms with E-state index < -0.39 is 15.9 Å². The SMILES string of the molecule is CS(=O)(=O)N1CCc2cc(C(=O)NNC(=O)c3cc4c(s3)CCCCCC4)ccc21. The van der Waals surface area contributed by atoms with Gasteiger partial charge in [0, 0.05) is 17.0 Å². The average Bonchev–Trinajstić information content (AvgIpc) is 3.29. The molecular formula is C21H25N3O4S2. The molecule has 0 bridgehead atoms. The number of nitrogens with one attached hydrogen (secondary N) is 2. The summed E-state index contributed by atoms with van der Waals surface area (Å²) >= 11 is 1.51. The normalized spacial score (nSPS) is 16.2. The van der Waals surface area contributed by atoms with E-state index in [0.717, 1.165) is 31.2 Å². The summed E-state index contributed by atoms with van der Waals surface area (Å²) in [6, 6.07) is 6.83. The van der Waals surface area contributed by atoms with Gasteiger partial charge in [0.1, 0.15) is 0 Å². The molecule has 2 heterocycles. The Bertz CT molecular complexity index is 1070. The topological polar surface area (TPSA) is 95.6 Å². The van der Waals surface area contributed by atoms with Crippen LogP contribution in [0.15, 0.2) is 24.3 Å². The van der Waals surface area contributed by atoms with Gasteiger partial charge in [-0.1, -0.05) is 12.8 Å². The molecule has 2 amide bonds. The molecule has 1 aliphatic heterocycles. The third kappa shape index (κ3) is 4.37. The summed E-state index contributed by atoms with van der Waals surface area (Å²) in [5, 5.41) is 0. The van der Waals surface area contributed by atoms with Crippen LogP contribution in [0.25, 0.3) is 0 Å². The number of carbonyl (C=O) groups excluding carboxylic acids is 2. The van der Waals surface area contributed by atoms with Crippen molar-refractivity contribution in [3.8, 4) is 0 Å². The highest BCUT2D eigenvalue weighted by Crippen LogP contribution is 2.31. The lowest BCUT2D eigenvalue weighted by atomic mass is 10.00. The van der Waals surface area contributed by atoms with Gasteiger partial charge in [0.15, 0.2) is 0 Å². The molecule has 0 unspecified atom stereocenters. The highest BCUT2D eigenvalue weighted by molar-refractivity contribution is 7.92. The predicted molar refractivity (Wildman–Crippen MR) is 117 cm³/mol. The molecule has 2 aliphatic rings. The Balaban J connectivity index is 1.40. The number of anilines is 1. The molecule has 2 N–H and O–H groups in total. The number of hydrogen-bond donors (Lipinski definition) is 2. The van der Waals surface area contributed by atoms with Gasteiger partial charge in [-0.15, -0.1) is 11.3 Å². The molecule has 9 heteroatoms. The summed E-state index contributed by atoms with van der Waals surface area (Å²) in [6.07, 6.45) is 8.51. The molecule has 0 radical (unpaired) electrons. The van der Waals surface area contributed by atoms with Crippen molar-refractivity contribution in [3.05, 3.63) is 50.7 Å². The molecule has 30 heavy (non-hydrogen) atoms. The Kier molecular flexibility index (Phi) is 5.84. The number of rotatable bonds is 3. The van der Waals surface area contributed by atoms with Crippen LogP contribution in [0.4, 0.5) is 5.69 Å². The van der Waals surface area contributed by atoms with Gasteiger partial charge in [-0.3, -0.25) is 24.7 Å². The van der Waals surface area contributed by atoms with Gasteiger partial charge >= 0.3 is 0 Å². The van der Waals surface area contributed by atoms with E-state index in [2.05, 4.69) is 10.9 Å². The van der Waals surface area contributed by atoms with Gasteiger partial charge in [0.25, 0.3) is 11.8 Å². The number of nitrogens with zero attached hydrogens (tertiary/aromatic N) is 1. The third-order valence-electron chi connectivity index (χ3n) is 5.60. The van der Waals surface area contributed by atoms with E-state index in [1.807, 2.05) is 6.07 Å². The summed E-state index contributed by atoms with van der Waals surface area (Å²) in [6.45, 7) is 0.374. The number of aryl methyl sites for hydroxylation is 2. The van der Waals surface area contributed by atoms with Gasteiger partial charge in [0.05, 0.1) is 16.8 Å². The van der Waals surface area contributed by atoms with E-state index in [9.17, 15) is 18.0 Å². The number of carbonyl (C=O) groups is 2. The fraction of sp³-hybridized carbons (Fsp3) is 0.429. The summed E-state index contributed by atoms with van der Waals surface area (Å²) < 4.78 is 25.0. The Morgan fingerprint density at radius 2 is 1.67 bits per heavy atom. The Morgan fingerprint density at radius 1 is 0.933 bits per heavy atom. The zero-order valence-corrected chi connectivity index (χ0v) is 18.5. The first-order valence-electron chi connectivity index (χ1n) is 10.2. The summed E-state index contributed by atoms with van der Waals surface area (Å²) in [4.78, 5) is 26.9. The van der Waals surface area contributed by atoms with Crippen molar-refractivity contribution < 1.29 is 18.0 Å². The minimum absolute atomic E-state index is 0.315. The summed E-state index contributed by atoms with van der Waals surface area (Å²) in [7, 11) is -3.33. The van der Waals surface area contributed by atoms with E-state index in [0.29, 0.717) is 29.1 Å². The molecule has 0 saturated carbocycles. The number of hydrazine groups is 1. The van der Waals surface area contributed by atoms with Gasteiger partial charge in [0.2, 0.25) is 10.0 Å². The predicted octanol–water partition coefficient (Wildman–Crippen LogP) is 2.80. The quantitative estimate of drug-likeness (QED) is 0.708. The standard InChI is InChI=1S/C21H25N3O4S2/c1-30(27,28)24-11-10-14-12-16(8-9-17(14)24)20(25)22-23-21(26)19-13-15-6-4-2-3-5-7-18(15)29-19/h8-9,12-13H,2-7,10-11H2,1H3,(H,22,25)(H,23,26). The van der Waals surface area contributed by atoms with E-state index in [4.69, 9.17) is 0 Å². The monoisotopic (exact) mass is 447 g/mol. The number of benzene rings is 1. The zero-order chi connectivity index (χ0) is 21.3. The first-order chi connectivity index (χ1) is 14.3. The van der Waals surface area contributed by atoms with Crippen LogP contribution in [0.1, 0.15) is 61.7 Å². The fourth-order valence-electron chi connectivity index (χ4n) is 4.06. The van der Waals surface area contributed by atoms with Crippen molar-refractivity contribution in [2.75, 3.05) is 17.1 Å². The Labute approximate surface area is 180 Å². The number of sulfonamides is 1. The van der Waals surface area contributed by atoms with Crippen LogP contribution < -0.4 is 15.2 Å². The highest BCUT2D eigenvalue weighted by atomic mass is 32.2. The minimum atomic E-state index is -3.33. The lowest BCUT2D eigenvalue weighted by Gasteiger charge is -2.16. The largest absolute Gasteiger partial charge is 0.279 e. The second kappa shape index (κ2) is 8.39. The van der Waals surface area contributed by atoms with Gasteiger partial charge in [-0.2, -0.15) is 0 Å². The van der Waals surface area contributed by atoms with Crippen molar-refractivity contribution in [1.29, 1.82) is 0 Å². The molecule has 1 aromatic heterocycles. The second-order valence-electron chi connectivity index (χ2n) is 7.81. The molecule has 160 valence electrons. The average molecular weight is 448 g/mol. The van der Waals surface area contributed by atoms with Crippen LogP contribution in [0.3, 0.4) is 0 Å². The van der Waals surface area contributed by atoms with Crippen molar-refractivity contribution in [1.82, 2.24) is 10.9 Å². The van der Waals surface area contributed by atoms with E-state index in [1.165, 1.54) is 45.2 Å². The third-order valence-corrected chi connectivity index (χ3v) is 8.02. The minimum Gasteiger partial charge on any atom is -0.270 e. The van der Waals surface area contributed by atoms with Crippen molar-refractivity contribution in [2.24, 2.45) is 0 Å². The maximum atomic E-state index is 12.5. The molecule has 1 aliphatic carbocycles. The lowest BCUT2D eigenvalue weighted by molar-refractivity contribution is 0.0849. The second-order valence-corrected chi connectivity index (χ2v) is 10.9. The first-order valence-corrected chi connectivity index (χ1v) is 12.8. The Morgan fingerprint density at radius 3 is 2.43 bits per heavy atom. The molecule has 0 fully saturated rings. The molecule has 7 nitrogen and oxygen atoms in total. The number of thiophene rings is 1. The maximum Gasteiger partial charge on any atom is 0.279 e. The van der Waals surface area contributed by atoms with E-state index in [1.54, 1.807) is 18.2 Å². The van der Waals surface area contributed by atoms with Crippen LogP contribution in [0.2, 0.25) is 0 Å². The van der Waals surface area contributed by atoms with Crippen LogP contribution in [0.5, 0.6) is 0 Å². The molecule has 1 aromatic carbocycles. The van der Waals surface area contributed by atoms with Crippen LogP contribution in [-0.2, 0) is 29.3 Å². The van der Waals surface area contributed by atoms with E-state index >= 15 is 0 Å². The summed E-state index contributed by atoms with van der Waals surface area (Å²) in [5.41, 5.74) is 8.02. The van der Waals surface area contributed by atoms with Crippen LogP contribution in [0, 0.1) is 0 Å².